The van der Waals surface area contributed by atoms with Crippen LogP contribution < -0.4 is 5.73 Å². The maximum atomic E-state index is 11.7. The average Bonchev–Trinajstić information content (AvgIpc) is 2.66. The number of nitrogen functional groups attached to an aromatic ring is 1. The molecule has 0 spiro atoms. The van der Waals surface area contributed by atoms with Gasteiger partial charge in [0, 0.05) is 0 Å². The van der Waals surface area contributed by atoms with Crippen LogP contribution in [-0.4, -0.2) is 22.5 Å². The fraction of sp³-hybridized carbons (Fsp3) is 0.300. The number of nitrogens with two attached hydrogens (primary N) is 1. The number of carbonyl (C=O) groups is 1. The van der Waals surface area contributed by atoms with Gasteiger partial charge in [0.25, 0.3) is 0 Å². The Bertz CT molecular complexity index is 550. The molecule has 0 bridgehead atoms. The van der Waals surface area contributed by atoms with Gasteiger partial charge in [0.15, 0.2) is 0 Å². The van der Waals surface area contributed by atoms with Crippen LogP contribution in [-0.2, 0) is 4.74 Å². The Balaban J connectivity index is 2.63. The van der Waals surface area contributed by atoms with Crippen molar-refractivity contribution in [2.45, 2.75) is 13.8 Å². The lowest BCUT2D eigenvalue weighted by molar-refractivity contribution is 0.0526. The maximum Gasteiger partial charge on any atom is 0.342 e. The quantitative estimate of drug-likeness (QED) is 0.805. The molecule has 0 saturated heterocycles. The number of hydrogen-bond donors (Lipinski definition) is 1. The molecule has 0 saturated carbocycles. The maximum absolute atomic E-state index is 11.7. The van der Waals surface area contributed by atoms with Gasteiger partial charge in [-0.15, -0.1) is 11.3 Å². The van der Waals surface area contributed by atoms with Crippen LogP contribution in [0.1, 0.15) is 23.0 Å². The molecule has 0 amide bonds. The van der Waals surface area contributed by atoms with E-state index >= 15 is 0 Å². The first-order valence-electron chi connectivity index (χ1n) is 4.81. The van der Waals surface area contributed by atoms with E-state index in [-0.39, 0.29) is 0 Å². The summed E-state index contributed by atoms with van der Waals surface area (Å²) in [6, 6.07) is 0. The van der Waals surface area contributed by atoms with E-state index in [2.05, 4.69) is 9.97 Å². The Hall–Kier alpha value is -1.69. The van der Waals surface area contributed by atoms with Crippen LogP contribution in [0.4, 0.5) is 5.69 Å². The van der Waals surface area contributed by atoms with Crippen molar-refractivity contribution in [2.75, 3.05) is 12.3 Å². The minimum Gasteiger partial charge on any atom is -0.462 e. The predicted molar refractivity (Wildman–Crippen MR) is 62.5 cm³/mol. The SMILES string of the molecule is CCOC(=O)c1c(C)nc2scnc2c1N. The van der Waals surface area contributed by atoms with Crippen LogP contribution in [0.2, 0.25) is 0 Å². The molecule has 0 atom stereocenters. The number of thiazole rings is 1. The number of nitrogens with zero attached hydrogens (tertiary/aromatic N) is 2. The second-order valence-electron chi connectivity index (χ2n) is 3.21. The van der Waals surface area contributed by atoms with Crippen LogP contribution >= 0.6 is 11.3 Å². The molecular formula is C10H11N3O2S. The van der Waals surface area contributed by atoms with Gasteiger partial charge in [0.05, 0.1) is 23.5 Å². The van der Waals surface area contributed by atoms with Gasteiger partial charge in [-0.2, -0.15) is 0 Å². The van der Waals surface area contributed by atoms with E-state index in [9.17, 15) is 4.79 Å². The van der Waals surface area contributed by atoms with E-state index in [1.807, 2.05) is 0 Å². The average molecular weight is 237 g/mol. The third kappa shape index (κ3) is 1.61. The highest BCUT2D eigenvalue weighted by Gasteiger charge is 2.19. The van der Waals surface area contributed by atoms with Crippen molar-refractivity contribution in [3.63, 3.8) is 0 Å². The number of hydrogen-bond acceptors (Lipinski definition) is 6. The molecule has 0 radical (unpaired) electrons. The smallest absolute Gasteiger partial charge is 0.342 e. The number of aryl methyl sites for hydroxylation is 1. The van der Waals surface area contributed by atoms with Gasteiger partial charge in [0.1, 0.15) is 15.9 Å². The minimum atomic E-state index is -0.445. The van der Waals surface area contributed by atoms with Crippen molar-refractivity contribution in [3.8, 4) is 0 Å². The molecule has 0 aliphatic carbocycles. The standard InChI is InChI=1S/C10H11N3O2S/c1-3-15-10(14)6-5(2)13-9-8(7(6)11)12-4-16-9/h4H,3H2,1-2H3,(H2,11,13). The zero-order chi connectivity index (χ0) is 11.7. The van der Waals surface area contributed by atoms with Crippen molar-refractivity contribution in [3.05, 3.63) is 16.8 Å². The third-order valence-corrected chi connectivity index (χ3v) is 2.90. The van der Waals surface area contributed by atoms with E-state index in [1.54, 1.807) is 19.4 Å². The zero-order valence-electron chi connectivity index (χ0n) is 8.98. The summed E-state index contributed by atoms with van der Waals surface area (Å²) >= 11 is 1.40. The van der Waals surface area contributed by atoms with Crippen LogP contribution in [0.25, 0.3) is 10.3 Å². The topological polar surface area (TPSA) is 78.1 Å². The monoisotopic (exact) mass is 237 g/mol. The molecule has 16 heavy (non-hydrogen) atoms. The van der Waals surface area contributed by atoms with E-state index in [0.29, 0.717) is 29.1 Å². The number of rotatable bonds is 2. The number of anilines is 1. The van der Waals surface area contributed by atoms with E-state index in [1.165, 1.54) is 11.3 Å². The van der Waals surface area contributed by atoms with Crippen molar-refractivity contribution < 1.29 is 9.53 Å². The van der Waals surface area contributed by atoms with Crippen molar-refractivity contribution in [1.29, 1.82) is 0 Å². The highest BCUT2D eigenvalue weighted by atomic mass is 32.1. The summed E-state index contributed by atoms with van der Waals surface area (Å²) in [5.41, 5.74) is 9.37. The highest BCUT2D eigenvalue weighted by molar-refractivity contribution is 7.16. The number of aromatic nitrogens is 2. The molecule has 0 aromatic carbocycles. The molecule has 84 valence electrons. The summed E-state index contributed by atoms with van der Waals surface area (Å²) in [5, 5.41) is 0. The van der Waals surface area contributed by atoms with Gasteiger partial charge >= 0.3 is 5.97 Å². The van der Waals surface area contributed by atoms with Gasteiger partial charge in [-0.25, -0.2) is 14.8 Å². The second-order valence-corrected chi connectivity index (χ2v) is 4.05. The molecule has 6 heteroatoms. The Morgan fingerprint density at radius 3 is 3.06 bits per heavy atom. The number of ether oxygens (including phenoxy) is 1. The molecule has 2 aromatic heterocycles. The van der Waals surface area contributed by atoms with Crippen molar-refractivity contribution in [1.82, 2.24) is 9.97 Å². The first-order valence-corrected chi connectivity index (χ1v) is 5.69. The fourth-order valence-electron chi connectivity index (χ4n) is 1.49. The van der Waals surface area contributed by atoms with Gasteiger partial charge in [0.2, 0.25) is 0 Å². The predicted octanol–water partition coefficient (Wildman–Crippen LogP) is 1.76. The molecular weight excluding hydrogens is 226 g/mol. The molecule has 2 aromatic rings. The zero-order valence-corrected chi connectivity index (χ0v) is 9.80. The van der Waals surface area contributed by atoms with Crippen molar-refractivity contribution in [2.24, 2.45) is 0 Å². The minimum absolute atomic E-state index is 0.312. The molecule has 2 rings (SSSR count). The summed E-state index contributed by atoms with van der Waals surface area (Å²) < 4.78 is 4.93. The normalized spacial score (nSPS) is 10.6. The second kappa shape index (κ2) is 4.05. The Morgan fingerprint density at radius 2 is 2.38 bits per heavy atom. The van der Waals surface area contributed by atoms with Crippen molar-refractivity contribution >= 4 is 33.3 Å². The molecule has 2 N–H and O–H groups in total. The first kappa shape index (κ1) is 10.8. The van der Waals surface area contributed by atoms with E-state index in [4.69, 9.17) is 10.5 Å². The number of pyridine rings is 1. The Labute approximate surface area is 96.3 Å². The van der Waals surface area contributed by atoms with E-state index < -0.39 is 5.97 Å². The lowest BCUT2D eigenvalue weighted by atomic mass is 10.1. The van der Waals surface area contributed by atoms with Crippen LogP contribution in [0.5, 0.6) is 0 Å². The number of carbonyl (C=O) groups excluding carboxylic acids is 1. The molecule has 0 unspecified atom stereocenters. The Kier molecular flexibility index (Phi) is 2.74. The fourth-order valence-corrected chi connectivity index (χ4v) is 2.21. The molecule has 2 heterocycles. The lowest BCUT2D eigenvalue weighted by Gasteiger charge is -2.07. The number of fused-ring (bicyclic) bond motifs is 1. The molecule has 0 aliphatic heterocycles. The first-order chi connectivity index (χ1) is 7.65. The third-order valence-electron chi connectivity index (χ3n) is 2.18. The molecule has 0 aliphatic rings. The summed E-state index contributed by atoms with van der Waals surface area (Å²) in [6.45, 7) is 3.80. The summed E-state index contributed by atoms with van der Waals surface area (Å²) in [5.74, 6) is -0.445. The Morgan fingerprint density at radius 1 is 1.62 bits per heavy atom. The lowest BCUT2D eigenvalue weighted by Crippen LogP contribution is -2.11. The summed E-state index contributed by atoms with van der Waals surface area (Å²) in [7, 11) is 0. The molecule has 0 fully saturated rings. The van der Waals surface area contributed by atoms with Crippen LogP contribution in [0, 0.1) is 6.92 Å². The largest absolute Gasteiger partial charge is 0.462 e. The van der Waals surface area contributed by atoms with Gasteiger partial charge in [-0.3, -0.25) is 0 Å². The van der Waals surface area contributed by atoms with E-state index in [0.717, 1.165) is 4.83 Å². The van der Waals surface area contributed by atoms with Gasteiger partial charge < -0.3 is 10.5 Å². The van der Waals surface area contributed by atoms with Gasteiger partial charge in [-0.05, 0) is 13.8 Å². The van der Waals surface area contributed by atoms with Gasteiger partial charge in [-0.1, -0.05) is 0 Å². The summed E-state index contributed by atoms with van der Waals surface area (Å²) in [4.78, 5) is 20.8. The van der Waals surface area contributed by atoms with Crippen LogP contribution in [0.15, 0.2) is 5.51 Å². The highest BCUT2D eigenvalue weighted by Crippen LogP contribution is 2.27. The molecule has 5 nitrogen and oxygen atoms in total. The number of esters is 1. The summed E-state index contributed by atoms with van der Waals surface area (Å²) in [6.07, 6.45) is 0. The van der Waals surface area contributed by atoms with Crippen LogP contribution in [0.3, 0.4) is 0 Å².